The summed E-state index contributed by atoms with van der Waals surface area (Å²) in [5.74, 6) is 0.728. The van der Waals surface area contributed by atoms with E-state index in [1.165, 1.54) is 44.9 Å². The van der Waals surface area contributed by atoms with Gasteiger partial charge in [-0.2, -0.15) is 0 Å². The Balaban J connectivity index is 2.64. The highest BCUT2D eigenvalue weighted by Crippen LogP contribution is 2.46. The maximum absolute atomic E-state index is 4.32. The van der Waals surface area contributed by atoms with Crippen molar-refractivity contribution in [2.45, 2.75) is 72.6 Å². The van der Waals surface area contributed by atoms with Gasteiger partial charge in [0.25, 0.3) is 0 Å². The van der Waals surface area contributed by atoms with Crippen LogP contribution in [0.5, 0.6) is 0 Å². The molecule has 0 aromatic carbocycles. The molecule has 1 aliphatic rings. The normalized spacial score (nSPS) is 31.3. The van der Waals surface area contributed by atoms with E-state index in [4.69, 9.17) is 0 Å². The van der Waals surface area contributed by atoms with Gasteiger partial charge in [0.15, 0.2) is 0 Å². The molecule has 0 aromatic rings. The van der Waals surface area contributed by atoms with E-state index < -0.39 is 0 Å². The van der Waals surface area contributed by atoms with Crippen molar-refractivity contribution >= 4 is 6.21 Å². The molecule has 0 bridgehead atoms. The Bertz CT molecular complexity index is 290. The van der Waals surface area contributed by atoms with Crippen LogP contribution >= 0.6 is 0 Å². The summed E-state index contributed by atoms with van der Waals surface area (Å²) in [7, 11) is 0. The topological polar surface area (TPSA) is 12.4 Å². The Labute approximate surface area is 114 Å². The second kappa shape index (κ2) is 7.76. The molecule has 0 aliphatic heterocycles. The Morgan fingerprint density at radius 1 is 1.33 bits per heavy atom. The number of hydrogen-bond acceptors (Lipinski definition) is 1. The third kappa shape index (κ3) is 4.26. The van der Waals surface area contributed by atoms with E-state index in [0.717, 1.165) is 12.5 Å². The Kier molecular flexibility index (Phi) is 6.67. The van der Waals surface area contributed by atoms with Crippen molar-refractivity contribution in [1.82, 2.24) is 0 Å². The van der Waals surface area contributed by atoms with Gasteiger partial charge in [-0.1, -0.05) is 45.6 Å². The van der Waals surface area contributed by atoms with E-state index in [-0.39, 0.29) is 0 Å². The van der Waals surface area contributed by atoms with Crippen LogP contribution in [0, 0.1) is 11.3 Å². The van der Waals surface area contributed by atoms with E-state index in [0.29, 0.717) is 5.41 Å². The molecule has 1 fully saturated rings. The van der Waals surface area contributed by atoms with Crippen molar-refractivity contribution in [3.63, 3.8) is 0 Å². The number of aliphatic imine (C=N–C) groups is 1. The first-order chi connectivity index (χ1) is 8.64. The third-order valence-corrected chi connectivity index (χ3v) is 4.74. The fourth-order valence-electron chi connectivity index (χ4n) is 3.18. The molecule has 18 heavy (non-hydrogen) atoms. The second-order valence-electron chi connectivity index (χ2n) is 6.08. The summed E-state index contributed by atoms with van der Waals surface area (Å²) < 4.78 is 0. The SMILES string of the molecule is CCCCCC1(C)CCC/C(=C/C=NCC)[C@@H]1C. The lowest BCUT2D eigenvalue weighted by Crippen LogP contribution is -2.30. The minimum absolute atomic E-state index is 0.527. The predicted octanol–water partition coefficient (Wildman–Crippen LogP) is 5.41. The molecule has 0 spiro atoms. The van der Waals surface area contributed by atoms with Crippen LogP contribution in [0.25, 0.3) is 0 Å². The molecular formula is C17H31N. The quantitative estimate of drug-likeness (QED) is 0.441. The average Bonchev–Trinajstić information content (AvgIpc) is 2.35. The van der Waals surface area contributed by atoms with Crippen molar-refractivity contribution in [3.8, 4) is 0 Å². The van der Waals surface area contributed by atoms with E-state index in [1.807, 2.05) is 6.21 Å². The molecule has 1 aliphatic carbocycles. The Morgan fingerprint density at radius 2 is 2.11 bits per heavy atom. The first kappa shape index (κ1) is 15.5. The lowest BCUT2D eigenvalue weighted by Gasteiger charge is -2.41. The molecule has 104 valence electrons. The fourth-order valence-corrected chi connectivity index (χ4v) is 3.18. The molecular weight excluding hydrogens is 218 g/mol. The van der Waals surface area contributed by atoms with Gasteiger partial charge in [0.05, 0.1) is 0 Å². The fraction of sp³-hybridized carbons (Fsp3) is 0.824. The first-order valence-corrected chi connectivity index (χ1v) is 7.83. The highest BCUT2D eigenvalue weighted by Gasteiger charge is 2.35. The van der Waals surface area contributed by atoms with Crippen LogP contribution in [0.2, 0.25) is 0 Å². The number of nitrogens with zero attached hydrogens (tertiary/aromatic N) is 1. The molecule has 1 unspecified atom stereocenters. The number of hydrogen-bond donors (Lipinski definition) is 0. The van der Waals surface area contributed by atoms with Crippen LogP contribution in [0.1, 0.15) is 72.6 Å². The van der Waals surface area contributed by atoms with Crippen LogP contribution in [0.15, 0.2) is 16.6 Å². The summed E-state index contributed by atoms with van der Waals surface area (Å²) in [5.41, 5.74) is 2.15. The molecule has 0 aromatic heterocycles. The minimum atomic E-state index is 0.527. The van der Waals surface area contributed by atoms with Gasteiger partial charge >= 0.3 is 0 Å². The molecule has 1 rings (SSSR count). The van der Waals surface area contributed by atoms with Crippen LogP contribution in [-0.2, 0) is 0 Å². The van der Waals surface area contributed by atoms with Crippen LogP contribution in [-0.4, -0.2) is 12.8 Å². The van der Waals surface area contributed by atoms with Crippen LogP contribution in [0.4, 0.5) is 0 Å². The lowest BCUT2D eigenvalue weighted by atomic mass is 9.63. The first-order valence-electron chi connectivity index (χ1n) is 7.83. The molecule has 1 heteroatoms. The zero-order valence-electron chi connectivity index (χ0n) is 12.8. The average molecular weight is 249 g/mol. The summed E-state index contributed by atoms with van der Waals surface area (Å²) >= 11 is 0. The van der Waals surface area contributed by atoms with Crippen molar-refractivity contribution in [2.24, 2.45) is 16.3 Å². The number of rotatable bonds is 6. The van der Waals surface area contributed by atoms with Crippen molar-refractivity contribution < 1.29 is 0 Å². The predicted molar refractivity (Wildman–Crippen MR) is 82.4 cm³/mol. The van der Waals surface area contributed by atoms with Gasteiger partial charge in [-0.25, -0.2) is 0 Å². The smallest absolute Gasteiger partial charge is 0.0360 e. The summed E-state index contributed by atoms with van der Waals surface area (Å²) in [6.45, 7) is 10.2. The van der Waals surface area contributed by atoms with Crippen LogP contribution in [0.3, 0.4) is 0 Å². The van der Waals surface area contributed by atoms with E-state index >= 15 is 0 Å². The van der Waals surface area contributed by atoms with Crippen molar-refractivity contribution in [2.75, 3.05) is 6.54 Å². The van der Waals surface area contributed by atoms with E-state index in [2.05, 4.69) is 38.8 Å². The van der Waals surface area contributed by atoms with Gasteiger partial charge in [0.1, 0.15) is 0 Å². The molecule has 0 saturated heterocycles. The summed E-state index contributed by atoms with van der Waals surface area (Å²) in [6.07, 6.45) is 13.8. The standard InChI is InChI=1S/C17H31N/c1-5-7-8-12-17(4)13-9-10-16(15(17)3)11-14-18-6-2/h11,14-15H,5-10,12-13H2,1-4H3/b16-11-,18-14?/t15-,17?/m0/s1. The number of unbranched alkanes of at least 4 members (excludes halogenated alkanes) is 2. The van der Waals surface area contributed by atoms with E-state index in [1.54, 1.807) is 5.57 Å². The highest BCUT2D eigenvalue weighted by molar-refractivity contribution is 5.72. The van der Waals surface area contributed by atoms with Gasteiger partial charge in [0, 0.05) is 12.8 Å². The summed E-state index contributed by atoms with van der Waals surface area (Å²) in [6, 6.07) is 0. The largest absolute Gasteiger partial charge is 0.293 e. The molecule has 1 nitrogen and oxygen atoms in total. The second-order valence-corrected chi connectivity index (χ2v) is 6.08. The van der Waals surface area contributed by atoms with Gasteiger partial charge in [-0.15, -0.1) is 0 Å². The molecule has 0 radical (unpaired) electrons. The van der Waals surface area contributed by atoms with Gasteiger partial charge in [-0.05, 0) is 50.0 Å². The zero-order chi connectivity index (χ0) is 13.4. The molecule has 0 N–H and O–H groups in total. The number of allylic oxidation sites excluding steroid dienone is 2. The van der Waals surface area contributed by atoms with Gasteiger partial charge in [-0.3, -0.25) is 4.99 Å². The van der Waals surface area contributed by atoms with E-state index in [9.17, 15) is 0 Å². The van der Waals surface area contributed by atoms with Crippen molar-refractivity contribution in [3.05, 3.63) is 11.6 Å². The van der Waals surface area contributed by atoms with Gasteiger partial charge < -0.3 is 0 Å². The van der Waals surface area contributed by atoms with Crippen LogP contribution < -0.4 is 0 Å². The highest BCUT2D eigenvalue weighted by atomic mass is 14.7. The minimum Gasteiger partial charge on any atom is -0.293 e. The summed E-state index contributed by atoms with van der Waals surface area (Å²) in [4.78, 5) is 4.32. The zero-order valence-corrected chi connectivity index (χ0v) is 12.8. The summed E-state index contributed by atoms with van der Waals surface area (Å²) in [5, 5.41) is 0. The van der Waals surface area contributed by atoms with Gasteiger partial charge in [0.2, 0.25) is 0 Å². The Hall–Kier alpha value is -0.590. The Morgan fingerprint density at radius 3 is 2.78 bits per heavy atom. The molecule has 1 saturated carbocycles. The monoisotopic (exact) mass is 249 g/mol. The maximum atomic E-state index is 4.32. The lowest BCUT2D eigenvalue weighted by molar-refractivity contribution is 0.157. The maximum Gasteiger partial charge on any atom is 0.0360 e. The molecule has 0 heterocycles. The van der Waals surface area contributed by atoms with Crippen molar-refractivity contribution in [1.29, 1.82) is 0 Å². The third-order valence-electron chi connectivity index (χ3n) is 4.74. The molecule has 2 atom stereocenters. The molecule has 0 amide bonds.